The van der Waals surface area contributed by atoms with Crippen molar-refractivity contribution in [3.63, 3.8) is 0 Å². The van der Waals surface area contributed by atoms with Crippen LogP contribution in [-0.4, -0.2) is 50.7 Å². The third-order valence-corrected chi connectivity index (χ3v) is 3.94. The Bertz CT molecular complexity index is 484. The first-order valence-corrected chi connectivity index (χ1v) is 7.40. The number of nitrogens with zero attached hydrogens (tertiary/aromatic N) is 1. The third kappa shape index (κ3) is 3.67. The molecule has 0 saturated carbocycles. The number of ether oxygens (including phenoxy) is 2. The minimum absolute atomic E-state index is 0.165. The minimum atomic E-state index is 0.165. The molecular weight excluding hydrogens is 268 g/mol. The van der Waals surface area contributed by atoms with E-state index in [1.807, 2.05) is 30.0 Å². The van der Waals surface area contributed by atoms with Crippen molar-refractivity contribution in [2.75, 3.05) is 33.9 Å². The summed E-state index contributed by atoms with van der Waals surface area (Å²) in [5.41, 5.74) is 0.946. The Morgan fingerprint density at radius 3 is 2.67 bits per heavy atom. The summed E-state index contributed by atoms with van der Waals surface area (Å²) in [6.45, 7) is 4.67. The maximum atomic E-state index is 12.5. The van der Waals surface area contributed by atoms with Crippen LogP contribution in [0.5, 0.6) is 11.5 Å². The molecule has 5 nitrogen and oxygen atoms in total. The van der Waals surface area contributed by atoms with Gasteiger partial charge in [-0.3, -0.25) is 4.79 Å². The third-order valence-electron chi connectivity index (χ3n) is 3.94. The predicted octanol–water partition coefficient (Wildman–Crippen LogP) is 1.46. The van der Waals surface area contributed by atoms with Crippen LogP contribution in [0, 0.1) is 0 Å². The number of hydrogen-bond acceptors (Lipinski definition) is 4. The van der Waals surface area contributed by atoms with Crippen molar-refractivity contribution < 1.29 is 14.3 Å². The molecule has 5 heteroatoms. The number of hydrogen-bond donors (Lipinski definition) is 1. The lowest BCUT2D eigenvalue weighted by atomic mass is 10.1. The van der Waals surface area contributed by atoms with Gasteiger partial charge in [0.1, 0.15) is 0 Å². The van der Waals surface area contributed by atoms with Gasteiger partial charge in [0.15, 0.2) is 11.5 Å². The first-order chi connectivity index (χ1) is 10.2. The highest BCUT2D eigenvalue weighted by Crippen LogP contribution is 2.28. The van der Waals surface area contributed by atoms with E-state index in [4.69, 9.17) is 9.47 Å². The number of methoxy groups -OCH3 is 2. The van der Waals surface area contributed by atoms with E-state index < -0.39 is 0 Å². The lowest BCUT2D eigenvalue weighted by Gasteiger charge is -2.27. The summed E-state index contributed by atoms with van der Waals surface area (Å²) in [6, 6.07) is 5.95. The van der Waals surface area contributed by atoms with Crippen LogP contribution < -0.4 is 14.8 Å². The van der Waals surface area contributed by atoms with Gasteiger partial charge in [0.25, 0.3) is 0 Å². The van der Waals surface area contributed by atoms with Crippen LogP contribution in [0.3, 0.4) is 0 Å². The average molecular weight is 292 g/mol. The topological polar surface area (TPSA) is 50.8 Å². The smallest absolute Gasteiger partial charge is 0.227 e. The zero-order valence-electron chi connectivity index (χ0n) is 13.0. The molecule has 1 heterocycles. The summed E-state index contributed by atoms with van der Waals surface area (Å²) in [7, 11) is 3.21. The summed E-state index contributed by atoms with van der Waals surface area (Å²) in [5.74, 6) is 1.51. The van der Waals surface area contributed by atoms with Gasteiger partial charge in [0.05, 0.1) is 20.6 Å². The van der Waals surface area contributed by atoms with Gasteiger partial charge in [0.2, 0.25) is 5.91 Å². The fraction of sp³-hybridized carbons (Fsp3) is 0.562. The highest BCUT2D eigenvalue weighted by molar-refractivity contribution is 5.79. The Morgan fingerprint density at radius 1 is 1.33 bits per heavy atom. The van der Waals surface area contributed by atoms with Crippen molar-refractivity contribution >= 4 is 5.91 Å². The Balaban J connectivity index is 2.07. The van der Waals surface area contributed by atoms with Crippen molar-refractivity contribution in [2.24, 2.45) is 0 Å². The van der Waals surface area contributed by atoms with Crippen LogP contribution in [0.1, 0.15) is 18.9 Å². The lowest BCUT2D eigenvalue weighted by molar-refractivity contribution is -0.132. The maximum absolute atomic E-state index is 12.5. The molecule has 0 radical (unpaired) electrons. The van der Waals surface area contributed by atoms with Gasteiger partial charge in [-0.05, 0) is 37.6 Å². The number of benzene rings is 1. The summed E-state index contributed by atoms with van der Waals surface area (Å²) in [6.07, 6.45) is 1.43. The number of carbonyl (C=O) groups is 1. The molecule has 1 aliphatic rings. The second kappa shape index (κ2) is 7.31. The molecule has 1 aliphatic heterocycles. The van der Waals surface area contributed by atoms with E-state index in [-0.39, 0.29) is 5.91 Å². The summed E-state index contributed by atoms with van der Waals surface area (Å²) in [4.78, 5) is 14.5. The first kappa shape index (κ1) is 15.6. The molecular formula is C16H24N2O3. The molecule has 1 amide bonds. The van der Waals surface area contributed by atoms with Crippen LogP contribution >= 0.6 is 0 Å². The zero-order chi connectivity index (χ0) is 15.2. The largest absolute Gasteiger partial charge is 0.493 e. The van der Waals surface area contributed by atoms with Gasteiger partial charge in [-0.15, -0.1) is 0 Å². The van der Waals surface area contributed by atoms with E-state index in [1.165, 1.54) is 0 Å². The molecule has 0 bridgehead atoms. The Labute approximate surface area is 126 Å². The molecule has 1 saturated heterocycles. The minimum Gasteiger partial charge on any atom is -0.493 e. The van der Waals surface area contributed by atoms with Crippen molar-refractivity contribution in [3.8, 4) is 11.5 Å². The van der Waals surface area contributed by atoms with E-state index in [9.17, 15) is 4.79 Å². The lowest BCUT2D eigenvalue weighted by Crippen LogP contribution is -2.42. The average Bonchev–Trinajstić information content (AvgIpc) is 3.02. The van der Waals surface area contributed by atoms with Gasteiger partial charge in [-0.1, -0.05) is 6.07 Å². The first-order valence-electron chi connectivity index (χ1n) is 7.40. The van der Waals surface area contributed by atoms with Crippen LogP contribution in [0.2, 0.25) is 0 Å². The molecule has 1 aromatic carbocycles. The van der Waals surface area contributed by atoms with Crippen molar-refractivity contribution in [1.29, 1.82) is 0 Å². The fourth-order valence-electron chi connectivity index (χ4n) is 2.81. The highest BCUT2D eigenvalue weighted by Gasteiger charge is 2.25. The molecule has 1 aromatic rings. The number of carbonyl (C=O) groups excluding carboxylic acids is 1. The van der Waals surface area contributed by atoms with Crippen molar-refractivity contribution in [1.82, 2.24) is 10.2 Å². The predicted molar refractivity (Wildman–Crippen MR) is 81.9 cm³/mol. The Morgan fingerprint density at radius 2 is 2.10 bits per heavy atom. The van der Waals surface area contributed by atoms with E-state index in [0.717, 1.165) is 31.6 Å². The summed E-state index contributed by atoms with van der Waals surface area (Å²) < 4.78 is 10.5. The molecule has 0 aliphatic carbocycles. The Hall–Kier alpha value is -1.75. The van der Waals surface area contributed by atoms with Crippen LogP contribution in [0.25, 0.3) is 0 Å². The molecule has 0 spiro atoms. The monoisotopic (exact) mass is 292 g/mol. The standard InChI is InChI=1S/C16H24N2O3/c1-4-18(13-7-8-17-11-13)16(19)10-12-5-6-14(20-2)15(9-12)21-3/h5-6,9,13,17H,4,7-8,10-11H2,1-3H3. The number of likely N-dealkylation sites (N-methyl/N-ethyl adjacent to an activating group) is 1. The SMILES string of the molecule is CCN(C(=O)Cc1ccc(OC)c(OC)c1)C1CCNC1. The van der Waals surface area contributed by atoms with Crippen molar-refractivity contribution in [2.45, 2.75) is 25.8 Å². The van der Waals surface area contributed by atoms with Crippen molar-refractivity contribution in [3.05, 3.63) is 23.8 Å². The van der Waals surface area contributed by atoms with E-state index in [1.54, 1.807) is 14.2 Å². The van der Waals surface area contributed by atoms with Crippen LogP contribution in [0.4, 0.5) is 0 Å². The number of amides is 1. The molecule has 1 fully saturated rings. The number of nitrogens with one attached hydrogen (secondary N) is 1. The van der Waals surface area contributed by atoms with Gasteiger partial charge in [-0.2, -0.15) is 0 Å². The molecule has 21 heavy (non-hydrogen) atoms. The fourth-order valence-corrected chi connectivity index (χ4v) is 2.81. The van der Waals surface area contributed by atoms with Gasteiger partial charge < -0.3 is 19.7 Å². The zero-order valence-corrected chi connectivity index (χ0v) is 13.0. The number of rotatable bonds is 6. The molecule has 116 valence electrons. The van der Waals surface area contributed by atoms with E-state index in [2.05, 4.69) is 5.32 Å². The van der Waals surface area contributed by atoms with Gasteiger partial charge in [0, 0.05) is 19.1 Å². The quantitative estimate of drug-likeness (QED) is 0.862. The van der Waals surface area contributed by atoms with Crippen LogP contribution in [-0.2, 0) is 11.2 Å². The molecule has 1 unspecified atom stereocenters. The molecule has 1 N–H and O–H groups in total. The van der Waals surface area contributed by atoms with E-state index in [0.29, 0.717) is 24.0 Å². The Kier molecular flexibility index (Phi) is 5.44. The van der Waals surface area contributed by atoms with Gasteiger partial charge in [-0.25, -0.2) is 0 Å². The summed E-state index contributed by atoms with van der Waals surface area (Å²) in [5, 5.41) is 3.31. The van der Waals surface area contributed by atoms with Gasteiger partial charge >= 0.3 is 0 Å². The second-order valence-corrected chi connectivity index (χ2v) is 5.19. The molecule has 2 rings (SSSR count). The summed E-state index contributed by atoms with van der Waals surface area (Å²) >= 11 is 0. The van der Waals surface area contributed by atoms with Crippen LogP contribution in [0.15, 0.2) is 18.2 Å². The second-order valence-electron chi connectivity index (χ2n) is 5.19. The normalized spacial score (nSPS) is 17.6. The maximum Gasteiger partial charge on any atom is 0.227 e. The molecule has 0 aromatic heterocycles. The molecule has 1 atom stereocenters. The highest BCUT2D eigenvalue weighted by atomic mass is 16.5. The van der Waals surface area contributed by atoms with E-state index >= 15 is 0 Å².